The van der Waals surface area contributed by atoms with Crippen LogP contribution < -0.4 is 4.72 Å². The first-order valence-electron chi connectivity index (χ1n) is 5.31. The van der Waals surface area contributed by atoms with Gasteiger partial charge in [0.2, 0.25) is 0 Å². The van der Waals surface area contributed by atoms with Crippen molar-refractivity contribution in [1.82, 2.24) is 9.29 Å². The van der Waals surface area contributed by atoms with Crippen molar-refractivity contribution in [2.75, 3.05) is 18.3 Å². The smallest absolute Gasteiger partial charge is 0.271 e. The maximum atomic E-state index is 11.9. The molecule has 0 saturated heterocycles. The Morgan fingerprint density at radius 3 is 2.82 bits per heavy atom. The SMILES string of the molecule is CCCCN(C)S(=O)(=O)Nc1ccnc(Cl)c1. The van der Waals surface area contributed by atoms with E-state index in [0.29, 0.717) is 12.2 Å². The van der Waals surface area contributed by atoms with E-state index in [1.807, 2.05) is 6.92 Å². The number of anilines is 1. The van der Waals surface area contributed by atoms with Crippen LogP contribution in [0.4, 0.5) is 5.69 Å². The van der Waals surface area contributed by atoms with Crippen molar-refractivity contribution in [3.63, 3.8) is 0 Å². The zero-order valence-electron chi connectivity index (χ0n) is 9.85. The fraction of sp³-hybridized carbons (Fsp3) is 0.500. The van der Waals surface area contributed by atoms with Crippen molar-refractivity contribution in [2.24, 2.45) is 0 Å². The van der Waals surface area contributed by atoms with Gasteiger partial charge in [0.25, 0.3) is 0 Å². The molecule has 1 aromatic rings. The van der Waals surface area contributed by atoms with E-state index in [4.69, 9.17) is 11.6 Å². The van der Waals surface area contributed by atoms with Gasteiger partial charge in [0.1, 0.15) is 5.15 Å². The van der Waals surface area contributed by atoms with Crippen LogP contribution in [0, 0.1) is 0 Å². The third kappa shape index (κ3) is 4.49. The molecule has 0 aliphatic carbocycles. The normalized spacial score (nSPS) is 11.8. The average molecular weight is 278 g/mol. The standard InChI is InChI=1S/C10H16ClN3O2S/c1-3-4-7-14(2)17(15,16)13-9-5-6-12-10(11)8-9/h5-6,8H,3-4,7H2,1-2H3,(H,12,13). The lowest BCUT2D eigenvalue weighted by Crippen LogP contribution is -2.33. The lowest BCUT2D eigenvalue weighted by atomic mass is 10.3. The second kappa shape index (κ2) is 6.18. The second-order valence-electron chi connectivity index (χ2n) is 3.65. The Balaban J connectivity index is 2.72. The highest BCUT2D eigenvalue weighted by Gasteiger charge is 2.16. The van der Waals surface area contributed by atoms with E-state index >= 15 is 0 Å². The molecule has 0 amide bonds. The van der Waals surface area contributed by atoms with E-state index in [1.54, 1.807) is 13.1 Å². The summed E-state index contributed by atoms with van der Waals surface area (Å²) in [6.07, 6.45) is 3.22. The predicted octanol–water partition coefficient (Wildman–Crippen LogP) is 2.12. The van der Waals surface area contributed by atoms with Gasteiger partial charge in [-0.2, -0.15) is 12.7 Å². The molecule has 5 nitrogen and oxygen atoms in total. The molecular weight excluding hydrogens is 262 g/mol. The Hall–Kier alpha value is -0.850. The van der Waals surface area contributed by atoms with Crippen LogP contribution >= 0.6 is 11.6 Å². The number of aromatic nitrogens is 1. The summed E-state index contributed by atoms with van der Waals surface area (Å²) in [5.74, 6) is 0. The third-order valence-corrected chi connectivity index (χ3v) is 3.91. The lowest BCUT2D eigenvalue weighted by molar-refractivity contribution is 0.463. The van der Waals surface area contributed by atoms with Gasteiger partial charge in [0, 0.05) is 19.8 Å². The van der Waals surface area contributed by atoms with Gasteiger partial charge in [-0.05, 0) is 18.6 Å². The molecule has 0 spiro atoms. The maximum Gasteiger partial charge on any atom is 0.301 e. The summed E-state index contributed by atoms with van der Waals surface area (Å²) in [6.45, 7) is 2.50. The van der Waals surface area contributed by atoms with Crippen molar-refractivity contribution in [1.29, 1.82) is 0 Å². The first kappa shape index (κ1) is 14.2. The quantitative estimate of drug-likeness (QED) is 0.810. The monoisotopic (exact) mass is 277 g/mol. The molecule has 1 aromatic heterocycles. The van der Waals surface area contributed by atoms with E-state index in [9.17, 15) is 8.42 Å². The van der Waals surface area contributed by atoms with Gasteiger partial charge in [-0.1, -0.05) is 24.9 Å². The molecule has 0 aliphatic rings. The number of rotatable bonds is 6. The van der Waals surface area contributed by atoms with Crippen LogP contribution in [0.1, 0.15) is 19.8 Å². The minimum atomic E-state index is -3.51. The Kier molecular flexibility index (Phi) is 5.17. The Morgan fingerprint density at radius 2 is 2.24 bits per heavy atom. The number of unbranched alkanes of at least 4 members (excludes halogenated alkanes) is 1. The number of hydrogen-bond acceptors (Lipinski definition) is 3. The molecule has 0 radical (unpaired) electrons. The number of pyridine rings is 1. The van der Waals surface area contributed by atoms with Gasteiger partial charge < -0.3 is 0 Å². The van der Waals surface area contributed by atoms with Crippen molar-refractivity contribution >= 4 is 27.5 Å². The first-order valence-corrected chi connectivity index (χ1v) is 7.13. The van der Waals surface area contributed by atoms with E-state index < -0.39 is 10.2 Å². The summed E-state index contributed by atoms with van der Waals surface area (Å²) in [4.78, 5) is 3.78. The largest absolute Gasteiger partial charge is 0.301 e. The van der Waals surface area contributed by atoms with Crippen LogP contribution in [0.5, 0.6) is 0 Å². The highest BCUT2D eigenvalue weighted by Crippen LogP contribution is 2.14. The van der Waals surface area contributed by atoms with Crippen LogP contribution in [-0.4, -0.2) is 31.3 Å². The van der Waals surface area contributed by atoms with Gasteiger partial charge in [0.05, 0.1) is 5.69 Å². The minimum Gasteiger partial charge on any atom is -0.271 e. The molecule has 96 valence electrons. The van der Waals surface area contributed by atoms with Crippen molar-refractivity contribution in [3.05, 3.63) is 23.5 Å². The fourth-order valence-corrected chi connectivity index (χ4v) is 2.32. The third-order valence-electron chi connectivity index (χ3n) is 2.21. The first-order chi connectivity index (χ1) is 7.95. The zero-order chi connectivity index (χ0) is 12.9. The molecule has 1 heterocycles. The fourth-order valence-electron chi connectivity index (χ4n) is 1.19. The van der Waals surface area contributed by atoms with Crippen LogP contribution in [0.15, 0.2) is 18.3 Å². The average Bonchev–Trinajstić information content (AvgIpc) is 2.25. The summed E-state index contributed by atoms with van der Waals surface area (Å²) >= 11 is 5.68. The van der Waals surface area contributed by atoms with Crippen LogP contribution in [0.3, 0.4) is 0 Å². The highest BCUT2D eigenvalue weighted by atomic mass is 35.5. The summed E-state index contributed by atoms with van der Waals surface area (Å²) in [7, 11) is -1.96. The molecule has 0 bridgehead atoms. The molecule has 0 saturated carbocycles. The molecule has 0 fully saturated rings. The molecule has 7 heteroatoms. The second-order valence-corrected chi connectivity index (χ2v) is 5.81. The van der Waals surface area contributed by atoms with Crippen molar-refractivity contribution < 1.29 is 8.42 Å². The minimum absolute atomic E-state index is 0.251. The van der Waals surface area contributed by atoms with E-state index in [1.165, 1.54) is 16.6 Å². The lowest BCUT2D eigenvalue weighted by Gasteiger charge is -2.17. The molecule has 0 aliphatic heterocycles. The van der Waals surface area contributed by atoms with Gasteiger partial charge in [-0.3, -0.25) is 4.72 Å². The number of halogens is 1. The van der Waals surface area contributed by atoms with Crippen LogP contribution in [0.25, 0.3) is 0 Å². The van der Waals surface area contributed by atoms with Crippen LogP contribution in [0.2, 0.25) is 5.15 Å². The number of hydrogen-bond donors (Lipinski definition) is 1. The maximum absolute atomic E-state index is 11.9. The van der Waals surface area contributed by atoms with Gasteiger partial charge in [0.15, 0.2) is 0 Å². The molecule has 0 aromatic carbocycles. The number of nitrogens with one attached hydrogen (secondary N) is 1. The molecule has 17 heavy (non-hydrogen) atoms. The van der Waals surface area contributed by atoms with Crippen molar-refractivity contribution in [2.45, 2.75) is 19.8 Å². The van der Waals surface area contributed by atoms with Gasteiger partial charge in [-0.25, -0.2) is 4.98 Å². The molecule has 1 rings (SSSR count). The molecule has 0 atom stereocenters. The molecular formula is C10H16ClN3O2S. The Bertz CT molecular complexity index is 464. The summed E-state index contributed by atoms with van der Waals surface area (Å²) < 4.78 is 27.5. The van der Waals surface area contributed by atoms with Crippen molar-refractivity contribution in [3.8, 4) is 0 Å². The Labute approximate surface area is 107 Å². The molecule has 1 N–H and O–H groups in total. The molecule has 0 unspecified atom stereocenters. The summed E-state index contributed by atoms with van der Waals surface area (Å²) in [6, 6.07) is 3.02. The Morgan fingerprint density at radius 1 is 1.53 bits per heavy atom. The van der Waals surface area contributed by atoms with Gasteiger partial charge in [-0.15, -0.1) is 0 Å². The van der Waals surface area contributed by atoms with E-state index in [2.05, 4.69) is 9.71 Å². The van der Waals surface area contributed by atoms with Crippen LogP contribution in [-0.2, 0) is 10.2 Å². The highest BCUT2D eigenvalue weighted by molar-refractivity contribution is 7.90. The predicted molar refractivity (Wildman–Crippen MR) is 69.3 cm³/mol. The summed E-state index contributed by atoms with van der Waals surface area (Å²) in [5.41, 5.74) is 0.411. The van der Waals surface area contributed by atoms with E-state index in [0.717, 1.165) is 12.8 Å². The zero-order valence-corrected chi connectivity index (χ0v) is 11.4. The topological polar surface area (TPSA) is 62.3 Å². The van der Waals surface area contributed by atoms with E-state index in [-0.39, 0.29) is 5.15 Å². The summed E-state index contributed by atoms with van der Waals surface area (Å²) in [5, 5.41) is 0.251. The van der Waals surface area contributed by atoms with Gasteiger partial charge >= 0.3 is 10.2 Å². The number of nitrogens with zero attached hydrogens (tertiary/aromatic N) is 2.